The van der Waals surface area contributed by atoms with Crippen molar-refractivity contribution >= 4 is 87.5 Å². The van der Waals surface area contributed by atoms with Crippen molar-refractivity contribution in [2.75, 3.05) is 17.7 Å². The first kappa shape index (κ1) is 27.8. The van der Waals surface area contributed by atoms with E-state index in [1.54, 1.807) is 23.9 Å². The molecule has 2 aliphatic rings. The third-order valence-corrected chi connectivity index (χ3v) is 9.96. The summed E-state index contributed by atoms with van der Waals surface area (Å²) in [5, 5.41) is 10.3. The van der Waals surface area contributed by atoms with E-state index in [0.717, 1.165) is 54.6 Å². The molecular formula is C22H22N3O7PS4. The average Bonchev–Trinajstić information content (AvgIpc) is 3.43. The topological polar surface area (TPSA) is 140 Å². The molecule has 0 aliphatic carbocycles. The Kier molecular flexibility index (Phi) is 8.19. The summed E-state index contributed by atoms with van der Waals surface area (Å²) in [4.78, 5) is 60.1. The Morgan fingerprint density at radius 2 is 1.86 bits per heavy atom. The van der Waals surface area contributed by atoms with Crippen LogP contribution in [-0.4, -0.2) is 53.4 Å². The highest BCUT2D eigenvalue weighted by atomic mass is 32.2. The number of aliphatic carboxylic acids is 1. The van der Waals surface area contributed by atoms with Crippen LogP contribution in [0.25, 0.3) is 11.0 Å². The maximum Gasteiger partial charge on any atom is 0.345 e. The number of carbonyl (C=O) groups is 2. The van der Waals surface area contributed by atoms with Gasteiger partial charge in [0, 0.05) is 11.4 Å². The molecule has 37 heavy (non-hydrogen) atoms. The summed E-state index contributed by atoms with van der Waals surface area (Å²) in [6.07, 6.45) is 3.40. The molecule has 2 aliphatic heterocycles. The third kappa shape index (κ3) is 5.80. The molecule has 0 radical (unpaired) electrons. The van der Waals surface area contributed by atoms with E-state index in [-0.39, 0.29) is 18.4 Å². The summed E-state index contributed by atoms with van der Waals surface area (Å²) >= 11 is 8.39. The Bertz CT molecular complexity index is 1570. The maximum atomic E-state index is 13.2. The summed E-state index contributed by atoms with van der Waals surface area (Å²) in [6.45, 7) is 4.14. The van der Waals surface area contributed by atoms with Crippen molar-refractivity contribution in [1.82, 2.24) is 9.47 Å². The predicted molar refractivity (Wildman–Crippen MR) is 150 cm³/mol. The fraction of sp³-hybridized carbons (Fsp3) is 0.273. The Labute approximate surface area is 229 Å². The minimum Gasteiger partial charge on any atom is -0.480 e. The summed E-state index contributed by atoms with van der Waals surface area (Å²) in [7, 11) is -4.60. The molecule has 0 spiro atoms. The molecule has 2 aromatic rings. The number of rotatable bonds is 7. The number of hydrogen-bond donors (Lipinski definition) is 3. The SMILES string of the molecule is CCc1ccc2c(c1)N(CC)/C(=C/C=c1/s/c(=C3\SC(=S)N(CP(=O)(O)O)C3=O)n(CC(=O)O)c1=O)S2. The first-order chi connectivity index (χ1) is 17.4. The van der Waals surface area contributed by atoms with Gasteiger partial charge in [-0.2, -0.15) is 0 Å². The summed E-state index contributed by atoms with van der Waals surface area (Å²) in [5.74, 6) is -2.06. The first-order valence-electron chi connectivity index (χ1n) is 11.0. The van der Waals surface area contributed by atoms with E-state index in [0.29, 0.717) is 6.54 Å². The number of allylic oxidation sites excluding steroid dienone is 1. The van der Waals surface area contributed by atoms with Gasteiger partial charge < -0.3 is 19.8 Å². The number of carbonyl (C=O) groups excluding carboxylic acids is 1. The molecule has 0 unspecified atom stereocenters. The van der Waals surface area contributed by atoms with Crippen LogP contribution in [0.3, 0.4) is 0 Å². The lowest BCUT2D eigenvalue weighted by atomic mass is 10.1. The van der Waals surface area contributed by atoms with Crippen LogP contribution in [-0.2, 0) is 27.1 Å². The molecule has 4 rings (SSSR count). The Balaban J connectivity index is 1.81. The molecule has 10 nitrogen and oxygen atoms in total. The van der Waals surface area contributed by atoms with Gasteiger partial charge in [-0.15, -0.1) is 11.3 Å². The second kappa shape index (κ2) is 10.9. The zero-order valence-electron chi connectivity index (χ0n) is 19.6. The maximum absolute atomic E-state index is 13.2. The van der Waals surface area contributed by atoms with Crippen molar-refractivity contribution in [3.63, 3.8) is 0 Å². The highest BCUT2D eigenvalue weighted by molar-refractivity contribution is 8.30. The highest BCUT2D eigenvalue weighted by Crippen LogP contribution is 2.46. The minimum atomic E-state index is -4.60. The van der Waals surface area contributed by atoms with Crippen molar-refractivity contribution in [3.05, 3.63) is 54.4 Å². The number of benzene rings is 1. The number of anilines is 1. The first-order valence-corrected chi connectivity index (χ1v) is 15.6. The van der Waals surface area contributed by atoms with Gasteiger partial charge in [-0.1, -0.05) is 48.7 Å². The summed E-state index contributed by atoms with van der Waals surface area (Å²) in [5.41, 5.74) is 1.71. The van der Waals surface area contributed by atoms with Crippen LogP contribution in [0.1, 0.15) is 19.4 Å². The largest absolute Gasteiger partial charge is 0.480 e. The second-order valence-electron chi connectivity index (χ2n) is 7.97. The van der Waals surface area contributed by atoms with Crippen LogP contribution < -0.4 is 19.7 Å². The molecule has 1 aromatic heterocycles. The number of thiazole rings is 1. The normalized spacial score (nSPS) is 18.9. The number of carboxylic acid groups (broad SMARTS) is 1. The number of aromatic nitrogens is 1. The number of aryl methyl sites for hydroxylation is 1. The van der Waals surface area contributed by atoms with Gasteiger partial charge in [0.2, 0.25) is 0 Å². The average molecular weight is 600 g/mol. The van der Waals surface area contributed by atoms with E-state index in [2.05, 4.69) is 30.0 Å². The van der Waals surface area contributed by atoms with E-state index < -0.39 is 37.9 Å². The van der Waals surface area contributed by atoms with Gasteiger partial charge in [-0.05, 0) is 43.2 Å². The quantitative estimate of drug-likeness (QED) is 0.318. The van der Waals surface area contributed by atoms with Crippen LogP contribution >= 0.6 is 54.7 Å². The van der Waals surface area contributed by atoms with E-state index in [1.165, 1.54) is 5.56 Å². The van der Waals surface area contributed by atoms with Gasteiger partial charge in [-0.3, -0.25) is 28.4 Å². The van der Waals surface area contributed by atoms with E-state index in [9.17, 15) is 33.8 Å². The molecule has 1 amide bonds. The summed E-state index contributed by atoms with van der Waals surface area (Å²) < 4.78 is 12.6. The van der Waals surface area contributed by atoms with Crippen LogP contribution in [0.5, 0.6) is 0 Å². The molecule has 15 heteroatoms. The highest BCUT2D eigenvalue weighted by Gasteiger charge is 2.37. The van der Waals surface area contributed by atoms with Gasteiger partial charge in [0.15, 0.2) is 0 Å². The van der Waals surface area contributed by atoms with Gasteiger partial charge >= 0.3 is 13.6 Å². The molecule has 0 atom stereocenters. The third-order valence-electron chi connectivity index (χ3n) is 5.47. The van der Waals surface area contributed by atoms with Crippen molar-refractivity contribution in [3.8, 4) is 0 Å². The molecule has 1 aromatic carbocycles. The lowest BCUT2D eigenvalue weighted by Crippen LogP contribution is -2.35. The molecule has 0 saturated carbocycles. The fourth-order valence-corrected chi connectivity index (χ4v) is 8.17. The Hall–Kier alpha value is -2.19. The number of thioether (sulfide) groups is 2. The monoisotopic (exact) mass is 599 g/mol. The number of amides is 1. The number of hydrogen-bond acceptors (Lipinski definition) is 9. The predicted octanol–water partition coefficient (Wildman–Crippen LogP) is 1.91. The second-order valence-corrected chi connectivity index (χ2v) is 13.3. The van der Waals surface area contributed by atoms with Crippen molar-refractivity contribution < 1.29 is 29.0 Å². The zero-order chi connectivity index (χ0) is 27.1. The molecule has 3 N–H and O–H groups in total. The van der Waals surface area contributed by atoms with Gasteiger partial charge in [0.25, 0.3) is 11.5 Å². The zero-order valence-corrected chi connectivity index (χ0v) is 23.8. The minimum absolute atomic E-state index is 0.0426. The molecule has 0 bridgehead atoms. The fourth-order valence-electron chi connectivity index (χ4n) is 3.78. The van der Waals surface area contributed by atoms with Crippen LogP contribution in [0.2, 0.25) is 0 Å². The molecule has 3 heterocycles. The molecule has 196 valence electrons. The van der Waals surface area contributed by atoms with Crippen LogP contribution in [0, 0.1) is 0 Å². The van der Waals surface area contributed by atoms with E-state index in [4.69, 9.17) is 12.2 Å². The van der Waals surface area contributed by atoms with Crippen LogP contribution in [0.4, 0.5) is 5.69 Å². The Morgan fingerprint density at radius 1 is 1.14 bits per heavy atom. The van der Waals surface area contributed by atoms with Gasteiger partial charge in [0.05, 0.1) is 15.2 Å². The van der Waals surface area contributed by atoms with E-state index >= 15 is 0 Å². The number of thiocarbonyl (C=S) groups is 1. The molecular weight excluding hydrogens is 577 g/mol. The molecule has 1 fully saturated rings. The standard InChI is InChI=1S/C22H22N3O7PS4/c1-3-12-5-6-14-13(9-12)23(4-2)16(35-14)8-7-15-19(28)24(10-17(26)27)21(36-15)18-20(29)25(22(34)37-18)11-33(30,31)32/h5-9H,3-4,10-11H2,1-2H3,(H,26,27)(H2,30,31,32)/b15-7+,16-8-,21-18-. The van der Waals surface area contributed by atoms with Gasteiger partial charge in [-0.25, -0.2) is 0 Å². The Morgan fingerprint density at radius 3 is 2.49 bits per heavy atom. The lowest BCUT2D eigenvalue weighted by molar-refractivity contribution is -0.137. The number of nitrogens with zero attached hydrogens (tertiary/aromatic N) is 3. The summed E-state index contributed by atoms with van der Waals surface area (Å²) in [6, 6.07) is 6.29. The van der Waals surface area contributed by atoms with Crippen molar-refractivity contribution in [1.29, 1.82) is 0 Å². The molecule has 1 saturated heterocycles. The van der Waals surface area contributed by atoms with Crippen molar-refractivity contribution in [2.45, 2.75) is 31.7 Å². The van der Waals surface area contributed by atoms with E-state index in [1.807, 2.05) is 6.92 Å². The van der Waals surface area contributed by atoms with Gasteiger partial charge in [0.1, 0.15) is 26.7 Å². The number of carboxylic acids is 1. The lowest BCUT2D eigenvalue weighted by Gasteiger charge is -2.18. The number of fused-ring (bicyclic) bond motifs is 1. The van der Waals surface area contributed by atoms with Crippen molar-refractivity contribution in [2.24, 2.45) is 0 Å². The smallest absolute Gasteiger partial charge is 0.345 e. The van der Waals surface area contributed by atoms with Crippen LogP contribution in [0.15, 0.2) is 39.0 Å².